The Hall–Kier alpha value is -3.33. The topological polar surface area (TPSA) is 111 Å². The van der Waals surface area contributed by atoms with E-state index in [2.05, 4.69) is 21.9 Å². The molecule has 3 aromatic rings. The predicted octanol–water partition coefficient (Wildman–Crippen LogP) is 3.12. The highest BCUT2D eigenvalue weighted by molar-refractivity contribution is 7.14. The van der Waals surface area contributed by atoms with Gasteiger partial charge in [-0.2, -0.15) is 0 Å². The zero-order chi connectivity index (χ0) is 20.1. The first-order chi connectivity index (χ1) is 13.5. The van der Waals surface area contributed by atoms with Crippen LogP contribution in [0.15, 0.2) is 42.0 Å². The molecule has 0 saturated heterocycles. The maximum absolute atomic E-state index is 12.2. The van der Waals surface area contributed by atoms with Gasteiger partial charge in [0, 0.05) is 24.7 Å². The van der Waals surface area contributed by atoms with Crippen molar-refractivity contribution in [3.8, 4) is 0 Å². The predicted molar refractivity (Wildman–Crippen MR) is 106 cm³/mol. The molecular weight excluding hydrogens is 378 g/mol. The highest BCUT2D eigenvalue weighted by Gasteiger charge is 2.19. The van der Waals surface area contributed by atoms with E-state index >= 15 is 0 Å². The summed E-state index contributed by atoms with van der Waals surface area (Å²) in [5, 5.41) is 2.24. The molecule has 9 heteroatoms. The Morgan fingerprint density at radius 2 is 1.89 bits per heavy atom. The lowest BCUT2D eigenvalue weighted by Gasteiger charge is -2.18. The van der Waals surface area contributed by atoms with E-state index in [1.165, 1.54) is 41.1 Å². The molecule has 0 aliphatic heterocycles. The van der Waals surface area contributed by atoms with Gasteiger partial charge in [-0.3, -0.25) is 9.69 Å². The Morgan fingerprint density at radius 3 is 2.54 bits per heavy atom. The number of hydrogen-bond acceptors (Lipinski definition) is 8. The van der Waals surface area contributed by atoms with Gasteiger partial charge < -0.3 is 10.5 Å². The van der Waals surface area contributed by atoms with Crippen LogP contribution >= 0.6 is 11.3 Å². The molecule has 0 spiro atoms. The van der Waals surface area contributed by atoms with Gasteiger partial charge in [0.1, 0.15) is 6.61 Å². The molecule has 2 aromatic heterocycles. The maximum Gasteiger partial charge on any atom is 0.361 e. The number of nitrogens with two attached hydrogens (primary N) is 1. The molecule has 3 rings (SSSR count). The molecule has 1 aromatic carbocycles. The zero-order valence-electron chi connectivity index (χ0n) is 15.5. The van der Waals surface area contributed by atoms with Crippen LogP contribution in [-0.2, 0) is 22.6 Å². The lowest BCUT2D eigenvalue weighted by atomic mass is 10.1. The van der Waals surface area contributed by atoms with Crippen LogP contribution in [0.5, 0.6) is 0 Å². The summed E-state index contributed by atoms with van der Waals surface area (Å²) in [6.07, 6.45) is 3.67. The number of thiazole rings is 1. The fourth-order valence-electron chi connectivity index (χ4n) is 2.49. The van der Waals surface area contributed by atoms with Crippen LogP contribution in [-0.4, -0.2) is 26.8 Å². The average Bonchev–Trinajstić information content (AvgIpc) is 3.15. The number of amides is 1. The third-order valence-electron chi connectivity index (χ3n) is 3.92. The number of aromatic nitrogens is 3. The molecule has 0 unspecified atom stereocenters. The highest BCUT2D eigenvalue weighted by Crippen LogP contribution is 2.29. The van der Waals surface area contributed by atoms with Crippen LogP contribution in [0.1, 0.15) is 35.6 Å². The number of esters is 1. The number of hydrogen-bond donors (Lipinski definition) is 1. The summed E-state index contributed by atoms with van der Waals surface area (Å²) in [5.74, 6) is -0.835. The normalized spacial score (nSPS) is 10.5. The van der Waals surface area contributed by atoms with Crippen molar-refractivity contribution in [1.82, 2.24) is 15.0 Å². The molecule has 0 atom stereocenters. The summed E-state index contributed by atoms with van der Waals surface area (Å²) in [6, 6.07) is 7.73. The number of nitrogens with zero attached hydrogens (tertiary/aromatic N) is 4. The highest BCUT2D eigenvalue weighted by atomic mass is 32.1. The minimum Gasteiger partial charge on any atom is -0.454 e. The van der Waals surface area contributed by atoms with Crippen molar-refractivity contribution in [2.24, 2.45) is 0 Å². The van der Waals surface area contributed by atoms with Crippen molar-refractivity contribution in [3.63, 3.8) is 0 Å². The molecule has 8 nitrogen and oxygen atoms in total. The fourth-order valence-corrected chi connectivity index (χ4v) is 3.36. The van der Waals surface area contributed by atoms with Crippen LogP contribution in [0.2, 0.25) is 0 Å². The monoisotopic (exact) mass is 397 g/mol. The van der Waals surface area contributed by atoms with E-state index in [0.29, 0.717) is 10.8 Å². The van der Waals surface area contributed by atoms with Crippen molar-refractivity contribution in [2.45, 2.75) is 26.9 Å². The summed E-state index contributed by atoms with van der Waals surface area (Å²) >= 11 is 1.29. The van der Waals surface area contributed by atoms with E-state index in [1.807, 2.05) is 24.3 Å². The third kappa shape index (κ3) is 4.32. The van der Waals surface area contributed by atoms with Crippen LogP contribution in [0.3, 0.4) is 0 Å². The van der Waals surface area contributed by atoms with Gasteiger partial charge in [-0.25, -0.2) is 19.7 Å². The SMILES string of the molecule is CCc1ccc(N(C(C)=O)c2nc(COC(=O)c3nccnc3N)cs2)cc1. The molecule has 28 heavy (non-hydrogen) atoms. The van der Waals surface area contributed by atoms with Gasteiger partial charge >= 0.3 is 5.97 Å². The summed E-state index contributed by atoms with van der Waals surface area (Å²) in [7, 11) is 0. The van der Waals surface area contributed by atoms with Gasteiger partial charge in [0.15, 0.2) is 16.6 Å². The minimum atomic E-state index is -0.682. The van der Waals surface area contributed by atoms with E-state index in [9.17, 15) is 9.59 Å². The molecule has 0 radical (unpaired) electrons. The number of ether oxygens (including phenoxy) is 1. The first-order valence-electron chi connectivity index (χ1n) is 8.57. The van der Waals surface area contributed by atoms with Crippen LogP contribution in [0.4, 0.5) is 16.6 Å². The van der Waals surface area contributed by atoms with Crippen molar-refractivity contribution in [3.05, 3.63) is 59.0 Å². The lowest BCUT2D eigenvalue weighted by Crippen LogP contribution is -2.22. The van der Waals surface area contributed by atoms with Crippen molar-refractivity contribution in [1.29, 1.82) is 0 Å². The number of anilines is 3. The van der Waals surface area contributed by atoms with Crippen LogP contribution < -0.4 is 10.6 Å². The molecular formula is C19H19N5O3S. The fraction of sp³-hybridized carbons (Fsp3) is 0.211. The van der Waals surface area contributed by atoms with Gasteiger partial charge in [0.2, 0.25) is 5.91 Å². The summed E-state index contributed by atoms with van der Waals surface area (Å²) in [6.45, 7) is 3.48. The van der Waals surface area contributed by atoms with E-state index in [-0.39, 0.29) is 24.0 Å². The van der Waals surface area contributed by atoms with Gasteiger partial charge in [-0.1, -0.05) is 19.1 Å². The Bertz CT molecular complexity index is 987. The van der Waals surface area contributed by atoms with Crippen LogP contribution in [0.25, 0.3) is 0 Å². The number of aryl methyl sites for hydroxylation is 1. The summed E-state index contributed by atoms with van der Waals surface area (Å²) < 4.78 is 5.20. The smallest absolute Gasteiger partial charge is 0.361 e. The second kappa shape index (κ2) is 8.57. The lowest BCUT2D eigenvalue weighted by molar-refractivity contribution is -0.115. The maximum atomic E-state index is 12.2. The van der Waals surface area contributed by atoms with E-state index < -0.39 is 5.97 Å². The molecule has 0 saturated carbocycles. The molecule has 144 valence electrons. The van der Waals surface area contributed by atoms with Crippen LogP contribution in [0, 0.1) is 0 Å². The zero-order valence-corrected chi connectivity index (χ0v) is 16.3. The molecule has 0 aliphatic rings. The number of benzene rings is 1. The van der Waals surface area contributed by atoms with Crippen molar-refractivity contribution >= 4 is 39.9 Å². The molecule has 2 heterocycles. The molecule has 2 N–H and O–H groups in total. The molecule has 1 amide bonds. The molecule has 0 aliphatic carbocycles. The quantitative estimate of drug-likeness (QED) is 0.636. The minimum absolute atomic E-state index is 0.00440. The second-order valence-electron chi connectivity index (χ2n) is 5.86. The standard InChI is InChI=1S/C19H19N5O3S/c1-3-13-4-6-15(7-5-13)24(12(2)25)19-23-14(11-28-19)10-27-18(26)16-17(20)22-9-8-21-16/h4-9,11H,3,10H2,1-2H3,(H2,20,22). The van der Waals surface area contributed by atoms with Gasteiger partial charge in [0.05, 0.1) is 11.4 Å². The largest absolute Gasteiger partial charge is 0.454 e. The van der Waals surface area contributed by atoms with E-state index in [4.69, 9.17) is 10.5 Å². The van der Waals surface area contributed by atoms with Gasteiger partial charge in [0.25, 0.3) is 0 Å². The Morgan fingerprint density at radius 1 is 1.18 bits per heavy atom. The Labute approximate surface area is 166 Å². The summed E-state index contributed by atoms with van der Waals surface area (Å²) in [4.78, 5) is 37.9. The Balaban J connectivity index is 1.73. The second-order valence-corrected chi connectivity index (χ2v) is 6.70. The molecule has 0 fully saturated rings. The molecule has 0 bridgehead atoms. The van der Waals surface area contributed by atoms with E-state index in [1.54, 1.807) is 5.38 Å². The third-order valence-corrected chi connectivity index (χ3v) is 4.79. The van der Waals surface area contributed by atoms with E-state index in [0.717, 1.165) is 12.1 Å². The average molecular weight is 397 g/mol. The van der Waals surface area contributed by atoms with Gasteiger partial charge in [-0.15, -0.1) is 11.3 Å². The number of carbonyl (C=O) groups excluding carboxylic acids is 2. The number of rotatable bonds is 6. The summed E-state index contributed by atoms with van der Waals surface area (Å²) in [5.41, 5.74) is 8.01. The Kier molecular flexibility index (Phi) is 5.95. The first kappa shape index (κ1) is 19.4. The van der Waals surface area contributed by atoms with Crippen molar-refractivity contribution in [2.75, 3.05) is 10.6 Å². The number of carbonyl (C=O) groups is 2. The first-order valence-corrected chi connectivity index (χ1v) is 9.45. The number of nitrogen functional groups attached to an aromatic ring is 1. The van der Waals surface area contributed by atoms with Crippen molar-refractivity contribution < 1.29 is 14.3 Å². The van der Waals surface area contributed by atoms with Gasteiger partial charge in [-0.05, 0) is 24.1 Å².